The van der Waals surface area contributed by atoms with E-state index >= 15 is 0 Å². The molecule has 2 aliphatic rings. The second kappa shape index (κ2) is 11.1. The normalized spacial score (nSPS) is 17.0. The molecule has 1 amide bonds. The van der Waals surface area contributed by atoms with Crippen molar-refractivity contribution >= 4 is 51.8 Å². The predicted molar refractivity (Wildman–Crippen MR) is 162 cm³/mol. The average Bonchev–Trinajstić information content (AvgIpc) is 3.47. The maximum absolute atomic E-state index is 14.3. The Hall–Kier alpha value is -4.47. The summed E-state index contributed by atoms with van der Waals surface area (Å²) in [6, 6.07) is 20.7. The van der Waals surface area contributed by atoms with Gasteiger partial charge in [-0.2, -0.15) is 0 Å². The molecule has 0 spiro atoms. The molecule has 0 saturated carbocycles. The number of nitrogens with one attached hydrogen (secondary N) is 1. The minimum absolute atomic E-state index is 0.0244. The Bertz CT molecular complexity index is 1940. The predicted octanol–water partition coefficient (Wildman–Crippen LogP) is 4.70. The summed E-state index contributed by atoms with van der Waals surface area (Å²) in [5.74, 6) is -0.331. The molecule has 0 aliphatic carbocycles. The van der Waals surface area contributed by atoms with E-state index in [-0.39, 0.29) is 28.4 Å². The minimum atomic E-state index is -0.874. The molecule has 3 heterocycles. The van der Waals surface area contributed by atoms with Gasteiger partial charge in [0.05, 0.1) is 35.6 Å². The summed E-state index contributed by atoms with van der Waals surface area (Å²) in [5.41, 5.74) is 2.87. The fourth-order valence-corrected chi connectivity index (χ4v) is 6.44. The van der Waals surface area contributed by atoms with E-state index in [0.29, 0.717) is 43.6 Å². The van der Waals surface area contributed by atoms with Gasteiger partial charge in [-0.05, 0) is 56.7 Å². The summed E-state index contributed by atoms with van der Waals surface area (Å²) in [6.07, 6.45) is -0.0244. The number of fused-ring (bicyclic) bond motifs is 2. The number of rotatable bonds is 6. The van der Waals surface area contributed by atoms with Crippen molar-refractivity contribution in [2.45, 2.75) is 32.9 Å². The summed E-state index contributed by atoms with van der Waals surface area (Å²) in [6.45, 7) is 5.74. The van der Waals surface area contributed by atoms with Crippen LogP contribution in [-0.2, 0) is 14.3 Å². The highest BCUT2D eigenvalue weighted by atomic mass is 35.5. The molecule has 0 radical (unpaired) electrons. The van der Waals surface area contributed by atoms with Crippen LogP contribution in [0.25, 0.3) is 11.3 Å². The molecule has 8 nitrogen and oxygen atoms in total. The Morgan fingerprint density at radius 1 is 1.07 bits per heavy atom. The van der Waals surface area contributed by atoms with Crippen LogP contribution < -0.4 is 24.9 Å². The molecular weight excluding hydrogens is 574 g/mol. The number of ether oxygens (including phenoxy) is 2. The lowest BCUT2D eigenvalue weighted by Gasteiger charge is -2.26. The molecule has 1 aromatic heterocycles. The number of benzene rings is 3. The lowest BCUT2D eigenvalue weighted by Crippen LogP contribution is -2.40. The number of hydrogen-bond donors (Lipinski definition) is 1. The molecule has 212 valence electrons. The Balaban J connectivity index is 1.67. The molecule has 1 atom stereocenters. The molecule has 2 aliphatic heterocycles. The van der Waals surface area contributed by atoms with Crippen molar-refractivity contribution in [3.63, 3.8) is 0 Å². The van der Waals surface area contributed by atoms with Crippen LogP contribution in [0.5, 0.6) is 5.75 Å². The monoisotopic (exact) mass is 599 g/mol. The number of esters is 1. The average molecular weight is 600 g/mol. The van der Waals surface area contributed by atoms with Crippen molar-refractivity contribution in [1.29, 1.82) is 0 Å². The molecule has 0 unspecified atom stereocenters. The van der Waals surface area contributed by atoms with Gasteiger partial charge in [-0.3, -0.25) is 14.2 Å². The molecule has 0 fully saturated rings. The van der Waals surface area contributed by atoms with E-state index < -0.39 is 23.5 Å². The Morgan fingerprint density at radius 2 is 1.81 bits per heavy atom. The van der Waals surface area contributed by atoms with Crippen molar-refractivity contribution < 1.29 is 19.1 Å². The van der Waals surface area contributed by atoms with Crippen LogP contribution in [0, 0.1) is 0 Å². The number of amides is 1. The van der Waals surface area contributed by atoms with E-state index in [9.17, 15) is 14.4 Å². The number of aromatic nitrogens is 1. The van der Waals surface area contributed by atoms with Gasteiger partial charge >= 0.3 is 5.97 Å². The van der Waals surface area contributed by atoms with Crippen molar-refractivity contribution in [2.24, 2.45) is 4.99 Å². The topological polar surface area (TPSA) is 99.0 Å². The second-order valence-electron chi connectivity index (χ2n) is 10.0. The molecule has 10 heteroatoms. The van der Waals surface area contributed by atoms with Gasteiger partial charge in [0.25, 0.3) is 11.5 Å². The van der Waals surface area contributed by atoms with Crippen molar-refractivity contribution in [2.75, 3.05) is 11.9 Å². The number of thiazole rings is 1. The smallest absolute Gasteiger partial charge is 0.338 e. The molecule has 0 bridgehead atoms. The van der Waals surface area contributed by atoms with Crippen LogP contribution in [0.2, 0.25) is 5.02 Å². The van der Waals surface area contributed by atoms with E-state index in [1.54, 1.807) is 37.3 Å². The SMILES string of the molecule is CCOC(=O)C1=C(c2ccccc2)N=c2s/c(=C3/C(=O)Nc4ccc(Cl)cc43)c(=O)n2[C@H]1c1ccc(OC(C)C)cc1. The van der Waals surface area contributed by atoms with E-state index in [4.69, 9.17) is 26.1 Å². The first-order valence-electron chi connectivity index (χ1n) is 13.5. The maximum atomic E-state index is 14.3. The molecule has 1 N–H and O–H groups in total. The number of anilines is 1. The Kier molecular flexibility index (Phi) is 7.30. The number of hydrogen-bond acceptors (Lipinski definition) is 7. The van der Waals surface area contributed by atoms with E-state index in [1.807, 2.05) is 56.3 Å². The fourth-order valence-electron chi connectivity index (χ4n) is 5.17. The van der Waals surface area contributed by atoms with Gasteiger partial charge < -0.3 is 14.8 Å². The lowest BCUT2D eigenvalue weighted by atomic mass is 9.93. The third-order valence-corrected chi connectivity index (χ3v) is 8.16. The molecule has 3 aromatic carbocycles. The van der Waals surface area contributed by atoms with E-state index in [0.717, 1.165) is 11.3 Å². The van der Waals surface area contributed by atoms with Gasteiger partial charge in [0.1, 0.15) is 10.3 Å². The summed E-state index contributed by atoms with van der Waals surface area (Å²) >= 11 is 7.36. The van der Waals surface area contributed by atoms with Gasteiger partial charge in [-0.15, -0.1) is 0 Å². The first-order chi connectivity index (χ1) is 20.3. The van der Waals surface area contributed by atoms with Crippen LogP contribution in [0.15, 0.2) is 88.2 Å². The summed E-state index contributed by atoms with van der Waals surface area (Å²) in [5, 5.41) is 3.26. The standard InChI is InChI=1S/C32H26ClN3O5S/c1-4-40-31(39)25-26(18-8-6-5-7-9-18)35-32-36(27(25)19-10-13-21(14-11-19)41-17(2)3)30(38)28(42-32)24-22-16-20(33)12-15-23(22)34-29(24)37/h5-17,27H,4H2,1-3H3,(H,34,37)/b28-24+/t27-/m0/s1. The highest BCUT2D eigenvalue weighted by molar-refractivity contribution is 7.07. The third kappa shape index (κ3) is 4.84. The molecule has 6 rings (SSSR count). The largest absolute Gasteiger partial charge is 0.491 e. The van der Waals surface area contributed by atoms with Gasteiger partial charge in [-0.1, -0.05) is 65.4 Å². The van der Waals surface area contributed by atoms with Crippen LogP contribution in [-0.4, -0.2) is 29.2 Å². The van der Waals surface area contributed by atoms with Crippen molar-refractivity contribution in [3.05, 3.63) is 120 Å². The Morgan fingerprint density at radius 3 is 2.50 bits per heavy atom. The van der Waals surface area contributed by atoms with Crippen LogP contribution in [0.3, 0.4) is 0 Å². The zero-order valence-electron chi connectivity index (χ0n) is 23.0. The van der Waals surface area contributed by atoms with Gasteiger partial charge in [0, 0.05) is 21.8 Å². The number of halogens is 1. The summed E-state index contributed by atoms with van der Waals surface area (Å²) in [7, 11) is 0. The van der Waals surface area contributed by atoms with Crippen molar-refractivity contribution in [3.8, 4) is 5.75 Å². The maximum Gasteiger partial charge on any atom is 0.338 e. The molecular formula is C32H26ClN3O5S. The summed E-state index contributed by atoms with van der Waals surface area (Å²) < 4.78 is 13.0. The molecule has 0 saturated heterocycles. The zero-order chi connectivity index (χ0) is 29.5. The van der Waals surface area contributed by atoms with Crippen molar-refractivity contribution in [1.82, 2.24) is 4.57 Å². The number of nitrogens with zero attached hydrogens (tertiary/aromatic N) is 2. The van der Waals surface area contributed by atoms with Gasteiger partial charge in [-0.25, -0.2) is 9.79 Å². The van der Waals surface area contributed by atoms with Crippen LogP contribution in [0.4, 0.5) is 5.69 Å². The van der Waals surface area contributed by atoms with Gasteiger partial charge in [0.2, 0.25) is 0 Å². The quantitative estimate of drug-likeness (QED) is 0.324. The second-order valence-corrected chi connectivity index (χ2v) is 11.4. The number of carbonyl (C=O) groups is 2. The van der Waals surface area contributed by atoms with E-state index in [2.05, 4.69) is 5.32 Å². The minimum Gasteiger partial charge on any atom is -0.491 e. The lowest BCUT2D eigenvalue weighted by molar-refractivity contribution is -0.138. The first-order valence-corrected chi connectivity index (χ1v) is 14.6. The van der Waals surface area contributed by atoms with Crippen LogP contribution >= 0.6 is 22.9 Å². The zero-order valence-corrected chi connectivity index (χ0v) is 24.6. The highest BCUT2D eigenvalue weighted by Gasteiger charge is 2.36. The summed E-state index contributed by atoms with van der Waals surface area (Å²) in [4.78, 5) is 46.3. The molecule has 4 aromatic rings. The van der Waals surface area contributed by atoms with Gasteiger partial charge in [0.15, 0.2) is 4.80 Å². The van der Waals surface area contributed by atoms with E-state index in [1.165, 1.54) is 4.57 Å². The number of carbonyl (C=O) groups excluding carboxylic acids is 2. The highest BCUT2D eigenvalue weighted by Crippen LogP contribution is 2.36. The fraction of sp³-hybridized carbons (Fsp3) is 0.188. The van der Waals surface area contributed by atoms with Crippen LogP contribution in [0.1, 0.15) is 43.5 Å². The third-order valence-electron chi connectivity index (χ3n) is 6.87. The first kappa shape index (κ1) is 27.7. The Labute approximate surface area is 250 Å². The molecule has 42 heavy (non-hydrogen) atoms.